The van der Waals surface area contributed by atoms with Crippen LogP contribution in [0.25, 0.3) is 10.1 Å². The van der Waals surface area contributed by atoms with E-state index < -0.39 is 5.97 Å². The monoisotopic (exact) mass is 401 g/mol. The minimum Gasteiger partial charge on any atom is -0.451 e. The van der Waals surface area contributed by atoms with Crippen molar-refractivity contribution < 1.29 is 14.3 Å². The van der Waals surface area contributed by atoms with Crippen molar-refractivity contribution in [3.8, 4) is 0 Å². The lowest BCUT2D eigenvalue weighted by atomic mass is 10.2. The van der Waals surface area contributed by atoms with Gasteiger partial charge in [0.15, 0.2) is 6.61 Å². The summed E-state index contributed by atoms with van der Waals surface area (Å²) in [5, 5.41) is 1.19. The molecule has 0 N–H and O–H groups in total. The highest BCUT2D eigenvalue weighted by Gasteiger charge is 2.22. The van der Waals surface area contributed by atoms with Gasteiger partial charge in [-0.25, -0.2) is 4.79 Å². The first-order chi connectivity index (χ1) is 13.0. The van der Waals surface area contributed by atoms with Crippen LogP contribution in [0.1, 0.15) is 29.1 Å². The first kappa shape index (κ1) is 19.4. The zero-order valence-electron chi connectivity index (χ0n) is 15.1. The van der Waals surface area contributed by atoms with E-state index in [4.69, 9.17) is 16.3 Å². The lowest BCUT2D eigenvalue weighted by Gasteiger charge is -2.26. The number of ether oxygens (including phenoxy) is 1. The first-order valence-corrected chi connectivity index (χ1v) is 9.84. The van der Waals surface area contributed by atoms with Crippen molar-refractivity contribution in [2.24, 2.45) is 0 Å². The van der Waals surface area contributed by atoms with Crippen molar-refractivity contribution in [1.82, 2.24) is 4.90 Å². The highest BCUT2D eigenvalue weighted by atomic mass is 35.5. The van der Waals surface area contributed by atoms with Gasteiger partial charge in [0, 0.05) is 22.7 Å². The van der Waals surface area contributed by atoms with Crippen molar-refractivity contribution in [3.05, 3.63) is 70.1 Å². The Morgan fingerprint density at radius 3 is 2.41 bits per heavy atom. The zero-order chi connectivity index (χ0) is 19.4. The van der Waals surface area contributed by atoms with E-state index >= 15 is 0 Å². The van der Waals surface area contributed by atoms with Gasteiger partial charge in [0.05, 0.1) is 5.02 Å². The predicted molar refractivity (Wildman–Crippen MR) is 109 cm³/mol. The number of fused-ring (bicyclic) bond motifs is 1. The van der Waals surface area contributed by atoms with Crippen LogP contribution in [0, 0.1) is 0 Å². The topological polar surface area (TPSA) is 46.6 Å². The van der Waals surface area contributed by atoms with Crippen LogP contribution in [0.3, 0.4) is 0 Å². The Morgan fingerprint density at radius 2 is 1.74 bits per heavy atom. The Hall–Kier alpha value is -2.37. The Kier molecular flexibility index (Phi) is 6.14. The van der Waals surface area contributed by atoms with Crippen LogP contribution < -0.4 is 0 Å². The summed E-state index contributed by atoms with van der Waals surface area (Å²) in [6, 6.07) is 17.2. The number of benzene rings is 2. The van der Waals surface area contributed by atoms with Crippen LogP contribution in [0.5, 0.6) is 0 Å². The van der Waals surface area contributed by atoms with Crippen LogP contribution in [0.2, 0.25) is 5.02 Å². The Morgan fingerprint density at radius 1 is 1.07 bits per heavy atom. The molecule has 0 spiro atoms. The van der Waals surface area contributed by atoms with Gasteiger partial charge < -0.3 is 9.64 Å². The number of thiophene rings is 1. The summed E-state index contributed by atoms with van der Waals surface area (Å²) >= 11 is 7.57. The molecule has 4 nitrogen and oxygen atoms in total. The van der Waals surface area contributed by atoms with Gasteiger partial charge in [-0.05, 0) is 25.5 Å². The molecule has 1 heterocycles. The Balaban J connectivity index is 1.67. The molecular weight excluding hydrogens is 382 g/mol. The largest absolute Gasteiger partial charge is 0.451 e. The standard InChI is InChI=1S/C21H20ClNO3S/c1-14(2)23(12-15-8-4-3-5-9-15)18(24)13-26-21(25)20-19(22)16-10-6-7-11-17(16)27-20/h3-11,14H,12-13H2,1-2H3. The second-order valence-electron chi connectivity index (χ2n) is 6.42. The number of amides is 1. The van der Waals surface area contributed by atoms with Crippen LogP contribution in [0.4, 0.5) is 0 Å². The summed E-state index contributed by atoms with van der Waals surface area (Å²) < 4.78 is 6.18. The van der Waals surface area contributed by atoms with E-state index in [0.717, 1.165) is 15.6 Å². The maximum atomic E-state index is 12.6. The summed E-state index contributed by atoms with van der Waals surface area (Å²) in [6.07, 6.45) is 0. The van der Waals surface area contributed by atoms with Crippen LogP contribution in [-0.4, -0.2) is 29.4 Å². The van der Waals surface area contributed by atoms with Gasteiger partial charge in [0.25, 0.3) is 5.91 Å². The molecule has 1 aromatic heterocycles. The first-order valence-electron chi connectivity index (χ1n) is 8.65. The summed E-state index contributed by atoms with van der Waals surface area (Å²) in [7, 11) is 0. The molecule has 0 aliphatic heterocycles. The number of hydrogen-bond donors (Lipinski definition) is 0. The second-order valence-corrected chi connectivity index (χ2v) is 7.85. The Labute approximate surface area is 167 Å². The zero-order valence-corrected chi connectivity index (χ0v) is 16.7. The lowest BCUT2D eigenvalue weighted by molar-refractivity contribution is -0.136. The number of halogens is 1. The summed E-state index contributed by atoms with van der Waals surface area (Å²) in [6.45, 7) is 4.03. The van der Waals surface area contributed by atoms with Crippen LogP contribution >= 0.6 is 22.9 Å². The van der Waals surface area contributed by atoms with E-state index in [1.165, 1.54) is 11.3 Å². The fraction of sp³-hybridized carbons (Fsp3) is 0.238. The average Bonchev–Trinajstić information content (AvgIpc) is 3.01. The van der Waals surface area contributed by atoms with Crippen LogP contribution in [-0.2, 0) is 16.1 Å². The van der Waals surface area contributed by atoms with Gasteiger partial charge in [0.2, 0.25) is 0 Å². The lowest BCUT2D eigenvalue weighted by Crippen LogP contribution is -2.39. The van der Waals surface area contributed by atoms with Crippen LogP contribution in [0.15, 0.2) is 54.6 Å². The van der Waals surface area contributed by atoms with Crippen molar-refractivity contribution in [1.29, 1.82) is 0 Å². The number of hydrogen-bond acceptors (Lipinski definition) is 4. The molecule has 0 unspecified atom stereocenters. The molecule has 27 heavy (non-hydrogen) atoms. The van der Waals surface area contributed by atoms with Crippen molar-refractivity contribution in [2.75, 3.05) is 6.61 Å². The third kappa shape index (κ3) is 4.49. The van der Waals surface area contributed by atoms with Crippen molar-refractivity contribution in [3.63, 3.8) is 0 Å². The average molecular weight is 402 g/mol. The fourth-order valence-corrected chi connectivity index (χ4v) is 4.16. The van der Waals surface area contributed by atoms with E-state index in [1.807, 2.05) is 68.4 Å². The molecular formula is C21H20ClNO3S. The molecule has 0 saturated heterocycles. The molecule has 0 aliphatic carbocycles. The highest BCUT2D eigenvalue weighted by Crippen LogP contribution is 2.35. The third-order valence-electron chi connectivity index (χ3n) is 4.19. The fourth-order valence-electron chi connectivity index (χ4n) is 2.76. The molecule has 0 saturated carbocycles. The minimum absolute atomic E-state index is 0.00989. The predicted octanol–water partition coefficient (Wildman–Crippen LogP) is 5.15. The molecule has 6 heteroatoms. The smallest absolute Gasteiger partial charge is 0.350 e. The van der Waals surface area contributed by atoms with Gasteiger partial charge in [-0.15, -0.1) is 11.3 Å². The maximum absolute atomic E-state index is 12.6. The summed E-state index contributed by atoms with van der Waals surface area (Å²) in [5.41, 5.74) is 1.03. The SMILES string of the molecule is CC(C)N(Cc1ccccc1)C(=O)COC(=O)c1sc2ccccc2c1Cl. The molecule has 3 aromatic rings. The third-order valence-corrected chi connectivity index (χ3v) is 5.84. The summed E-state index contributed by atoms with van der Waals surface area (Å²) in [5.74, 6) is -0.808. The highest BCUT2D eigenvalue weighted by molar-refractivity contribution is 7.21. The van der Waals surface area contributed by atoms with Gasteiger partial charge in [0.1, 0.15) is 4.88 Å². The number of carbonyl (C=O) groups excluding carboxylic acids is 2. The summed E-state index contributed by atoms with van der Waals surface area (Å²) in [4.78, 5) is 27.0. The van der Waals surface area contributed by atoms with E-state index in [1.54, 1.807) is 4.90 Å². The molecule has 0 aliphatic rings. The molecule has 3 rings (SSSR count). The van der Waals surface area contributed by atoms with Gasteiger partial charge in [-0.3, -0.25) is 4.79 Å². The quantitative estimate of drug-likeness (QED) is 0.536. The minimum atomic E-state index is -0.571. The van der Waals surface area contributed by atoms with E-state index in [2.05, 4.69) is 0 Å². The number of nitrogens with zero attached hydrogens (tertiary/aromatic N) is 1. The van der Waals surface area contributed by atoms with E-state index in [9.17, 15) is 9.59 Å². The van der Waals surface area contributed by atoms with E-state index in [-0.39, 0.29) is 18.6 Å². The van der Waals surface area contributed by atoms with Gasteiger partial charge >= 0.3 is 5.97 Å². The molecule has 2 aromatic carbocycles. The molecule has 0 atom stereocenters. The normalized spacial score (nSPS) is 11.0. The van der Waals surface area contributed by atoms with Crippen molar-refractivity contribution >= 4 is 44.9 Å². The number of rotatable bonds is 6. The van der Waals surface area contributed by atoms with Crippen molar-refractivity contribution in [2.45, 2.75) is 26.4 Å². The number of esters is 1. The van der Waals surface area contributed by atoms with Gasteiger partial charge in [-0.1, -0.05) is 60.1 Å². The molecule has 0 radical (unpaired) electrons. The molecule has 0 fully saturated rings. The van der Waals surface area contributed by atoms with Gasteiger partial charge in [-0.2, -0.15) is 0 Å². The molecule has 140 valence electrons. The second kappa shape index (κ2) is 8.55. The molecule has 0 bridgehead atoms. The number of carbonyl (C=O) groups is 2. The Bertz CT molecular complexity index is 952. The molecule has 1 amide bonds. The van der Waals surface area contributed by atoms with E-state index in [0.29, 0.717) is 16.4 Å². The maximum Gasteiger partial charge on any atom is 0.350 e.